The fraction of sp³-hybridized carbons (Fsp3) is 0.100. The highest BCUT2D eigenvalue weighted by atomic mass is 31.2. The molecule has 6 heteroatoms. The SMILES string of the molecule is CC(N)P(=O)(Oc1ccccc1)Oc1ccc(-c2ccc(O)cc2)cc1. The summed E-state index contributed by atoms with van der Waals surface area (Å²) in [6, 6.07) is 22.8. The van der Waals surface area contributed by atoms with Gasteiger partial charge in [-0.15, -0.1) is 0 Å². The third-order valence-corrected chi connectivity index (χ3v) is 5.69. The molecule has 3 rings (SSSR count). The van der Waals surface area contributed by atoms with E-state index in [0.717, 1.165) is 11.1 Å². The van der Waals surface area contributed by atoms with Crippen molar-refractivity contribution >= 4 is 7.60 Å². The second-order valence-corrected chi connectivity index (χ2v) is 8.11. The topological polar surface area (TPSA) is 81.8 Å². The first-order valence-corrected chi connectivity index (χ1v) is 9.76. The molecule has 134 valence electrons. The van der Waals surface area contributed by atoms with Crippen LogP contribution in [0.25, 0.3) is 11.1 Å². The van der Waals surface area contributed by atoms with E-state index in [1.54, 1.807) is 55.5 Å². The zero-order valence-electron chi connectivity index (χ0n) is 14.3. The van der Waals surface area contributed by atoms with Crippen LogP contribution >= 0.6 is 7.60 Å². The minimum Gasteiger partial charge on any atom is -0.508 e. The second kappa shape index (κ2) is 7.65. The maximum Gasteiger partial charge on any atom is 0.447 e. The number of nitrogens with two attached hydrogens (primary N) is 1. The second-order valence-electron chi connectivity index (χ2n) is 5.85. The van der Waals surface area contributed by atoms with Crippen LogP contribution in [0.2, 0.25) is 0 Å². The summed E-state index contributed by atoms with van der Waals surface area (Å²) in [5, 5.41) is 9.37. The molecule has 5 nitrogen and oxygen atoms in total. The summed E-state index contributed by atoms with van der Waals surface area (Å²) in [6.07, 6.45) is 0. The molecule has 0 fully saturated rings. The van der Waals surface area contributed by atoms with Gasteiger partial charge in [0.25, 0.3) is 0 Å². The van der Waals surface area contributed by atoms with Gasteiger partial charge in [0, 0.05) is 0 Å². The highest BCUT2D eigenvalue weighted by Crippen LogP contribution is 2.51. The van der Waals surface area contributed by atoms with Crippen LogP contribution in [0.15, 0.2) is 78.9 Å². The quantitative estimate of drug-likeness (QED) is 0.597. The molecule has 0 aliphatic rings. The Bertz CT molecular complexity index is 893. The van der Waals surface area contributed by atoms with Crippen LogP contribution in [0.4, 0.5) is 0 Å². The van der Waals surface area contributed by atoms with Crippen molar-refractivity contribution in [3.63, 3.8) is 0 Å². The van der Waals surface area contributed by atoms with E-state index in [9.17, 15) is 9.67 Å². The van der Waals surface area contributed by atoms with Gasteiger partial charge in [0.1, 0.15) is 23.0 Å². The van der Waals surface area contributed by atoms with E-state index in [2.05, 4.69) is 0 Å². The molecule has 3 N–H and O–H groups in total. The normalized spacial score (nSPS) is 14.2. The lowest BCUT2D eigenvalue weighted by atomic mass is 10.1. The van der Waals surface area contributed by atoms with E-state index in [-0.39, 0.29) is 5.75 Å². The highest BCUT2D eigenvalue weighted by Gasteiger charge is 2.33. The summed E-state index contributed by atoms with van der Waals surface area (Å²) in [5.41, 5.74) is 7.76. The standard InChI is InChI=1S/C20H20NO4P/c1-15(21)26(23,24-19-5-3-2-4-6-19)25-20-13-9-17(10-14-20)16-7-11-18(22)12-8-16/h2-15,22H,21H2,1H3. The van der Waals surface area contributed by atoms with Crippen LogP contribution in [0.3, 0.4) is 0 Å². The molecule has 26 heavy (non-hydrogen) atoms. The van der Waals surface area contributed by atoms with E-state index in [0.29, 0.717) is 11.5 Å². The van der Waals surface area contributed by atoms with Crippen LogP contribution in [-0.2, 0) is 4.57 Å². The molecule has 3 aromatic rings. The maximum atomic E-state index is 13.0. The monoisotopic (exact) mass is 369 g/mol. The van der Waals surface area contributed by atoms with Gasteiger partial charge >= 0.3 is 7.60 Å². The average molecular weight is 369 g/mol. The molecule has 0 bridgehead atoms. The number of benzene rings is 3. The van der Waals surface area contributed by atoms with Gasteiger partial charge in [0.05, 0.1) is 0 Å². The Morgan fingerprint density at radius 1 is 0.808 bits per heavy atom. The van der Waals surface area contributed by atoms with Crippen molar-refractivity contribution in [2.45, 2.75) is 12.7 Å². The van der Waals surface area contributed by atoms with Gasteiger partial charge in [0.15, 0.2) is 0 Å². The van der Waals surface area contributed by atoms with Crippen molar-refractivity contribution in [3.05, 3.63) is 78.9 Å². The molecule has 0 heterocycles. The van der Waals surface area contributed by atoms with Crippen molar-refractivity contribution in [2.24, 2.45) is 5.73 Å². The Balaban J connectivity index is 1.79. The molecular formula is C20H20NO4P. The molecule has 0 aliphatic carbocycles. The van der Waals surface area contributed by atoms with Crippen LogP contribution in [0, 0.1) is 0 Å². The maximum absolute atomic E-state index is 13.0. The average Bonchev–Trinajstić information content (AvgIpc) is 2.64. The first-order chi connectivity index (χ1) is 12.5. The first kappa shape index (κ1) is 18.1. The van der Waals surface area contributed by atoms with E-state index in [1.807, 2.05) is 30.3 Å². The summed E-state index contributed by atoms with van der Waals surface area (Å²) in [4.78, 5) is 0. The summed E-state index contributed by atoms with van der Waals surface area (Å²) in [6.45, 7) is 1.59. The molecule has 0 radical (unpaired) electrons. The van der Waals surface area contributed by atoms with E-state index in [4.69, 9.17) is 14.8 Å². The van der Waals surface area contributed by atoms with Crippen LogP contribution in [-0.4, -0.2) is 10.9 Å². The van der Waals surface area contributed by atoms with Gasteiger partial charge in [-0.1, -0.05) is 42.5 Å². The lowest BCUT2D eigenvalue weighted by Gasteiger charge is -2.22. The predicted octanol–water partition coefficient (Wildman–Crippen LogP) is 5.01. The number of rotatable bonds is 6. The molecule has 2 unspecified atom stereocenters. The van der Waals surface area contributed by atoms with Gasteiger partial charge in [0.2, 0.25) is 0 Å². The molecule has 0 saturated heterocycles. The molecule has 0 saturated carbocycles. The Kier molecular flexibility index (Phi) is 5.31. The van der Waals surface area contributed by atoms with Crippen molar-refractivity contribution in [1.82, 2.24) is 0 Å². The highest BCUT2D eigenvalue weighted by molar-refractivity contribution is 7.55. The number of hydrogen-bond acceptors (Lipinski definition) is 5. The summed E-state index contributed by atoms with van der Waals surface area (Å²) < 4.78 is 24.3. The molecule has 0 aromatic heterocycles. The van der Waals surface area contributed by atoms with E-state index in [1.165, 1.54) is 0 Å². The molecule has 0 aliphatic heterocycles. The smallest absolute Gasteiger partial charge is 0.447 e. The number of phenolic OH excluding ortho intramolecular Hbond substituents is 1. The van der Waals surface area contributed by atoms with Crippen molar-refractivity contribution in [3.8, 4) is 28.4 Å². The third kappa shape index (κ3) is 4.26. The fourth-order valence-electron chi connectivity index (χ4n) is 2.32. The molecule has 0 spiro atoms. The Morgan fingerprint density at radius 2 is 1.27 bits per heavy atom. The van der Waals surface area contributed by atoms with Gasteiger partial charge in [-0.05, 0) is 54.4 Å². The Morgan fingerprint density at radius 3 is 1.77 bits per heavy atom. The van der Waals surface area contributed by atoms with Gasteiger partial charge in [-0.2, -0.15) is 0 Å². The molecule has 2 atom stereocenters. The van der Waals surface area contributed by atoms with Gasteiger partial charge in [-0.3, -0.25) is 0 Å². The van der Waals surface area contributed by atoms with Crippen molar-refractivity contribution in [1.29, 1.82) is 0 Å². The lowest BCUT2D eigenvalue weighted by Crippen LogP contribution is -2.22. The zero-order valence-corrected chi connectivity index (χ0v) is 15.2. The minimum absolute atomic E-state index is 0.213. The van der Waals surface area contributed by atoms with Crippen molar-refractivity contribution in [2.75, 3.05) is 0 Å². The lowest BCUT2D eigenvalue weighted by molar-refractivity contribution is 0.375. The van der Waals surface area contributed by atoms with E-state index >= 15 is 0 Å². The van der Waals surface area contributed by atoms with Crippen LogP contribution in [0.5, 0.6) is 17.2 Å². The predicted molar refractivity (Wildman–Crippen MR) is 102 cm³/mol. The Hall–Kier alpha value is -2.75. The number of aromatic hydroxyl groups is 1. The summed E-state index contributed by atoms with van der Waals surface area (Å²) in [7, 11) is -3.58. The fourth-order valence-corrected chi connectivity index (χ4v) is 3.52. The zero-order chi connectivity index (χ0) is 18.6. The summed E-state index contributed by atoms with van der Waals surface area (Å²) >= 11 is 0. The largest absolute Gasteiger partial charge is 0.508 e. The summed E-state index contributed by atoms with van der Waals surface area (Å²) in [5.74, 6) is 0.266. The van der Waals surface area contributed by atoms with E-state index < -0.39 is 13.4 Å². The van der Waals surface area contributed by atoms with Crippen LogP contribution in [0.1, 0.15) is 6.92 Å². The van der Waals surface area contributed by atoms with Crippen molar-refractivity contribution < 1.29 is 18.7 Å². The number of phenols is 1. The molecule has 0 amide bonds. The third-order valence-electron chi connectivity index (χ3n) is 3.76. The molecule has 3 aromatic carbocycles. The number of para-hydroxylation sites is 1. The minimum atomic E-state index is -3.58. The van der Waals surface area contributed by atoms with Gasteiger partial charge in [-0.25, -0.2) is 4.57 Å². The molecular weight excluding hydrogens is 349 g/mol. The number of hydrogen-bond donors (Lipinski definition) is 2. The van der Waals surface area contributed by atoms with Gasteiger partial charge < -0.3 is 19.9 Å². The van der Waals surface area contributed by atoms with Crippen LogP contribution < -0.4 is 14.8 Å². The first-order valence-electron chi connectivity index (χ1n) is 8.15. The Labute approximate surface area is 152 Å².